The Morgan fingerprint density at radius 1 is 1.21 bits per heavy atom. The molecule has 0 saturated heterocycles. The number of nitrogens with zero attached hydrogens (tertiary/aromatic N) is 1. The molecule has 1 atom stereocenters. The predicted molar refractivity (Wildman–Crippen MR) is 92.9 cm³/mol. The molecule has 0 unspecified atom stereocenters. The molecular formula is C19H20N2O3. The summed E-state index contributed by atoms with van der Waals surface area (Å²) >= 11 is 0. The van der Waals surface area contributed by atoms with Crippen LogP contribution < -0.4 is 5.32 Å². The number of ether oxygens (including phenoxy) is 1. The Morgan fingerprint density at radius 3 is 2.75 bits per heavy atom. The van der Waals surface area contributed by atoms with Gasteiger partial charge in [-0.2, -0.15) is 0 Å². The van der Waals surface area contributed by atoms with Gasteiger partial charge in [-0.05, 0) is 23.3 Å². The van der Waals surface area contributed by atoms with Crippen LogP contribution in [-0.4, -0.2) is 30.8 Å². The number of fused-ring (bicyclic) bond motifs is 1. The van der Waals surface area contributed by atoms with Crippen LogP contribution in [0.15, 0.2) is 53.1 Å². The second-order valence-corrected chi connectivity index (χ2v) is 5.67. The van der Waals surface area contributed by atoms with E-state index in [1.165, 1.54) is 0 Å². The van der Waals surface area contributed by atoms with Crippen LogP contribution in [0.1, 0.15) is 23.8 Å². The number of aromatic nitrogens is 1. The van der Waals surface area contributed by atoms with Crippen molar-refractivity contribution in [3.63, 3.8) is 0 Å². The minimum Gasteiger partial charge on any atom is -0.383 e. The highest BCUT2D eigenvalue weighted by atomic mass is 16.5. The van der Waals surface area contributed by atoms with Gasteiger partial charge in [-0.3, -0.25) is 4.79 Å². The fourth-order valence-electron chi connectivity index (χ4n) is 2.58. The maximum absolute atomic E-state index is 12.3. The molecule has 1 aromatic heterocycles. The van der Waals surface area contributed by atoms with Gasteiger partial charge in [0.2, 0.25) is 0 Å². The summed E-state index contributed by atoms with van der Waals surface area (Å²) in [6.07, 6.45) is 0.787. The van der Waals surface area contributed by atoms with E-state index in [0.717, 1.165) is 22.8 Å². The molecule has 3 rings (SSSR count). The summed E-state index contributed by atoms with van der Waals surface area (Å²) in [5, 5.41) is 9.06. The van der Waals surface area contributed by atoms with Gasteiger partial charge in [0.15, 0.2) is 11.5 Å². The maximum atomic E-state index is 12.3. The molecule has 24 heavy (non-hydrogen) atoms. The summed E-state index contributed by atoms with van der Waals surface area (Å²) in [5.74, 6) is 0.320. The number of nitrogens with one attached hydrogen (secondary N) is 1. The van der Waals surface area contributed by atoms with Crippen LogP contribution in [0, 0.1) is 0 Å². The number of hydrogen-bond acceptors (Lipinski definition) is 4. The van der Waals surface area contributed by atoms with Gasteiger partial charge < -0.3 is 14.6 Å². The van der Waals surface area contributed by atoms with Gasteiger partial charge in [-0.25, -0.2) is 0 Å². The van der Waals surface area contributed by atoms with Crippen LogP contribution in [0.4, 0.5) is 0 Å². The van der Waals surface area contributed by atoms with Gasteiger partial charge in [0, 0.05) is 18.7 Å². The quantitative estimate of drug-likeness (QED) is 0.752. The largest absolute Gasteiger partial charge is 0.383 e. The molecule has 0 saturated carbocycles. The standard InChI is InChI=1S/C19H20N2O3/c1-3-16(12-23-2)20-19(22)17-11-18(24-21-17)15-9-8-13-6-4-5-7-14(13)10-15/h4-11,16H,3,12H2,1-2H3,(H,20,22)/t16-/m0/s1. The number of hydrogen-bond donors (Lipinski definition) is 1. The van der Waals surface area contributed by atoms with Gasteiger partial charge in [0.1, 0.15) is 0 Å². The first kappa shape index (κ1) is 16.2. The Labute approximate surface area is 140 Å². The Bertz CT molecular complexity index is 841. The van der Waals surface area contributed by atoms with Crippen LogP contribution in [0.2, 0.25) is 0 Å². The number of carbonyl (C=O) groups is 1. The molecule has 0 aliphatic rings. The molecule has 0 radical (unpaired) electrons. The number of amides is 1. The molecule has 0 bridgehead atoms. The van der Waals surface area contributed by atoms with Crippen molar-refractivity contribution in [3.05, 3.63) is 54.2 Å². The Balaban J connectivity index is 1.80. The predicted octanol–water partition coefficient (Wildman–Crippen LogP) is 3.65. The van der Waals surface area contributed by atoms with E-state index >= 15 is 0 Å². The molecule has 124 valence electrons. The van der Waals surface area contributed by atoms with Crippen molar-refractivity contribution in [1.29, 1.82) is 0 Å². The second-order valence-electron chi connectivity index (χ2n) is 5.67. The zero-order valence-electron chi connectivity index (χ0n) is 13.8. The second kappa shape index (κ2) is 7.27. The molecular weight excluding hydrogens is 304 g/mol. The fraction of sp³-hybridized carbons (Fsp3) is 0.263. The number of rotatable bonds is 6. The van der Waals surface area contributed by atoms with Crippen molar-refractivity contribution < 1.29 is 14.1 Å². The molecule has 2 aromatic carbocycles. The van der Waals surface area contributed by atoms with Gasteiger partial charge in [0.05, 0.1) is 12.6 Å². The minimum absolute atomic E-state index is 0.0386. The minimum atomic E-state index is -0.255. The van der Waals surface area contributed by atoms with E-state index in [0.29, 0.717) is 12.4 Å². The van der Waals surface area contributed by atoms with Crippen molar-refractivity contribution in [2.24, 2.45) is 0 Å². The van der Waals surface area contributed by atoms with E-state index < -0.39 is 0 Å². The van der Waals surface area contributed by atoms with Crippen LogP contribution in [0.5, 0.6) is 0 Å². The summed E-state index contributed by atoms with van der Waals surface area (Å²) in [7, 11) is 1.61. The van der Waals surface area contributed by atoms with E-state index in [4.69, 9.17) is 9.26 Å². The highest BCUT2D eigenvalue weighted by molar-refractivity contribution is 5.93. The molecule has 5 nitrogen and oxygen atoms in total. The van der Waals surface area contributed by atoms with Crippen molar-refractivity contribution >= 4 is 16.7 Å². The lowest BCUT2D eigenvalue weighted by Crippen LogP contribution is -2.37. The topological polar surface area (TPSA) is 64.4 Å². The molecule has 5 heteroatoms. The molecule has 0 fully saturated rings. The Morgan fingerprint density at radius 2 is 2.00 bits per heavy atom. The Kier molecular flexibility index (Phi) is 4.91. The molecule has 1 amide bonds. The van der Waals surface area contributed by atoms with Crippen molar-refractivity contribution in [1.82, 2.24) is 10.5 Å². The number of benzene rings is 2. The lowest BCUT2D eigenvalue weighted by Gasteiger charge is -2.14. The van der Waals surface area contributed by atoms with Gasteiger partial charge >= 0.3 is 0 Å². The maximum Gasteiger partial charge on any atom is 0.273 e. The SMILES string of the molecule is CC[C@@H](COC)NC(=O)c1cc(-c2ccc3ccccc3c2)on1. The number of methoxy groups -OCH3 is 1. The highest BCUT2D eigenvalue weighted by Crippen LogP contribution is 2.25. The van der Waals surface area contributed by atoms with Crippen LogP contribution in [0.3, 0.4) is 0 Å². The molecule has 0 spiro atoms. The van der Waals surface area contributed by atoms with E-state index in [1.807, 2.05) is 43.3 Å². The van der Waals surface area contributed by atoms with E-state index in [2.05, 4.69) is 16.5 Å². The summed E-state index contributed by atoms with van der Waals surface area (Å²) in [5.41, 5.74) is 1.16. The third kappa shape index (κ3) is 3.46. The Hall–Kier alpha value is -2.66. The molecule has 3 aromatic rings. The zero-order chi connectivity index (χ0) is 16.9. The first-order valence-corrected chi connectivity index (χ1v) is 7.97. The molecule has 1 heterocycles. The van der Waals surface area contributed by atoms with Crippen molar-refractivity contribution in [3.8, 4) is 11.3 Å². The first-order valence-electron chi connectivity index (χ1n) is 7.97. The first-order chi connectivity index (χ1) is 11.7. The van der Waals surface area contributed by atoms with Gasteiger partial charge in [-0.15, -0.1) is 0 Å². The van der Waals surface area contributed by atoms with Crippen molar-refractivity contribution in [2.75, 3.05) is 13.7 Å². The lowest BCUT2D eigenvalue weighted by atomic mass is 10.1. The van der Waals surface area contributed by atoms with Gasteiger partial charge in [-0.1, -0.05) is 48.5 Å². The normalized spacial score (nSPS) is 12.2. The lowest BCUT2D eigenvalue weighted by molar-refractivity contribution is 0.0886. The smallest absolute Gasteiger partial charge is 0.273 e. The van der Waals surface area contributed by atoms with Crippen LogP contribution >= 0.6 is 0 Å². The van der Waals surface area contributed by atoms with Crippen LogP contribution in [0.25, 0.3) is 22.1 Å². The highest BCUT2D eigenvalue weighted by Gasteiger charge is 2.17. The summed E-state index contributed by atoms with van der Waals surface area (Å²) < 4.78 is 10.4. The molecule has 0 aliphatic heterocycles. The van der Waals surface area contributed by atoms with Crippen LogP contribution in [-0.2, 0) is 4.74 Å². The van der Waals surface area contributed by atoms with Gasteiger partial charge in [0.25, 0.3) is 5.91 Å². The summed E-state index contributed by atoms with van der Waals surface area (Å²) in [6.45, 7) is 2.46. The van der Waals surface area contributed by atoms with E-state index in [-0.39, 0.29) is 17.6 Å². The molecule has 0 aliphatic carbocycles. The van der Waals surface area contributed by atoms with E-state index in [1.54, 1.807) is 13.2 Å². The third-order valence-electron chi connectivity index (χ3n) is 3.97. The number of carbonyl (C=O) groups excluding carboxylic acids is 1. The average molecular weight is 324 g/mol. The monoisotopic (exact) mass is 324 g/mol. The summed E-state index contributed by atoms with van der Waals surface area (Å²) in [6, 6.07) is 15.7. The zero-order valence-corrected chi connectivity index (χ0v) is 13.8. The van der Waals surface area contributed by atoms with E-state index in [9.17, 15) is 4.79 Å². The summed E-state index contributed by atoms with van der Waals surface area (Å²) in [4.78, 5) is 12.3. The molecule has 1 N–H and O–H groups in total. The average Bonchev–Trinajstić information content (AvgIpc) is 3.11. The third-order valence-corrected chi connectivity index (χ3v) is 3.97. The van der Waals surface area contributed by atoms with Crippen molar-refractivity contribution in [2.45, 2.75) is 19.4 Å². The fourth-order valence-corrected chi connectivity index (χ4v) is 2.58.